The topological polar surface area (TPSA) is 92.9 Å². The van der Waals surface area contributed by atoms with Gasteiger partial charge in [0.2, 0.25) is 11.8 Å². The minimum atomic E-state index is -2.98. The van der Waals surface area contributed by atoms with Crippen molar-refractivity contribution < 1.29 is 18.0 Å². The molecule has 7 nitrogen and oxygen atoms in total. The number of carbonyl (C=O) groups excluding carboxylic acids is 1. The molecule has 1 saturated carbocycles. The Bertz CT molecular complexity index is 1320. The predicted octanol–water partition coefficient (Wildman–Crippen LogP) is 4.94. The molecule has 5 rings (SSSR count). The van der Waals surface area contributed by atoms with E-state index in [1.165, 1.54) is 18.2 Å². The zero-order valence-electron chi connectivity index (χ0n) is 16.9. The van der Waals surface area contributed by atoms with Crippen LogP contribution in [0, 0.1) is 5.92 Å². The molecule has 1 aliphatic rings. The van der Waals surface area contributed by atoms with Crippen LogP contribution >= 0.6 is 0 Å². The Hall–Kier alpha value is -3.62. The minimum absolute atomic E-state index is 0.0465. The number of benzene rings is 1. The molecule has 1 aliphatic carbocycles. The molecule has 4 aromatic rings. The lowest BCUT2D eigenvalue weighted by Crippen LogP contribution is -2.14. The molecule has 1 aromatic carbocycles. The third-order valence-electron chi connectivity index (χ3n) is 5.33. The zero-order valence-corrected chi connectivity index (χ0v) is 16.9. The maximum Gasteiger partial charge on any atom is 0.270 e. The number of alkyl halides is 2. The lowest BCUT2D eigenvalue weighted by atomic mass is 10.1. The molecule has 0 bridgehead atoms. The molecule has 0 radical (unpaired) electrons. The Labute approximate surface area is 175 Å². The second-order valence-corrected chi connectivity index (χ2v) is 7.74. The molecule has 1 amide bonds. The van der Waals surface area contributed by atoms with Crippen molar-refractivity contribution in [1.82, 2.24) is 15.0 Å². The third-order valence-corrected chi connectivity index (χ3v) is 5.33. The van der Waals surface area contributed by atoms with Gasteiger partial charge in [0, 0.05) is 48.6 Å². The zero-order chi connectivity index (χ0) is 21.8. The van der Waals surface area contributed by atoms with Crippen molar-refractivity contribution in [3.63, 3.8) is 0 Å². The van der Waals surface area contributed by atoms with Crippen LogP contribution in [0.25, 0.3) is 33.3 Å². The molecular weight excluding hydrogens is 404 g/mol. The number of hydrogen-bond acceptors (Lipinski definition) is 6. The van der Waals surface area contributed by atoms with Crippen molar-refractivity contribution in [2.75, 3.05) is 17.7 Å². The van der Waals surface area contributed by atoms with E-state index >= 15 is 0 Å². The van der Waals surface area contributed by atoms with Gasteiger partial charge in [-0.1, -0.05) is 0 Å². The van der Waals surface area contributed by atoms with Gasteiger partial charge in [-0.05, 0) is 37.1 Å². The molecule has 31 heavy (non-hydrogen) atoms. The van der Waals surface area contributed by atoms with E-state index in [0.29, 0.717) is 39.1 Å². The average Bonchev–Trinajstić information content (AvgIpc) is 3.51. The lowest BCUT2D eigenvalue weighted by molar-refractivity contribution is -0.117. The molecule has 158 valence electrons. The summed E-state index contributed by atoms with van der Waals surface area (Å²) in [6.45, 7) is 0.841. The van der Waals surface area contributed by atoms with Crippen molar-refractivity contribution in [3.05, 3.63) is 42.2 Å². The SMILES string of the molecule is CNc1ncc(-c2nc3cc(C(C)(F)F)ccc3o2)c2cc(NC(=O)C3CC3)ncc12. The molecule has 9 heteroatoms. The second-order valence-electron chi connectivity index (χ2n) is 7.74. The highest BCUT2D eigenvalue weighted by atomic mass is 19.3. The first-order valence-corrected chi connectivity index (χ1v) is 9.90. The predicted molar refractivity (Wildman–Crippen MR) is 113 cm³/mol. The molecule has 0 saturated heterocycles. The van der Waals surface area contributed by atoms with Crippen LogP contribution in [0.5, 0.6) is 0 Å². The van der Waals surface area contributed by atoms with Crippen molar-refractivity contribution >= 4 is 39.4 Å². The average molecular weight is 423 g/mol. The summed E-state index contributed by atoms with van der Waals surface area (Å²) >= 11 is 0. The summed E-state index contributed by atoms with van der Waals surface area (Å²) in [4.78, 5) is 25.3. The van der Waals surface area contributed by atoms with E-state index in [9.17, 15) is 13.6 Å². The number of aromatic nitrogens is 3. The van der Waals surface area contributed by atoms with E-state index < -0.39 is 5.92 Å². The first-order chi connectivity index (χ1) is 14.8. The van der Waals surface area contributed by atoms with Gasteiger partial charge in [0.15, 0.2) is 5.58 Å². The van der Waals surface area contributed by atoms with Gasteiger partial charge in [-0.25, -0.2) is 23.7 Å². The van der Waals surface area contributed by atoms with E-state index in [1.54, 1.807) is 25.5 Å². The van der Waals surface area contributed by atoms with Crippen molar-refractivity contribution in [1.29, 1.82) is 0 Å². The Morgan fingerprint density at radius 1 is 1.16 bits per heavy atom. The minimum Gasteiger partial charge on any atom is -0.436 e. The van der Waals surface area contributed by atoms with Gasteiger partial charge in [-0.3, -0.25) is 4.79 Å². The first-order valence-electron chi connectivity index (χ1n) is 9.90. The second kappa shape index (κ2) is 6.97. The van der Waals surface area contributed by atoms with Gasteiger partial charge in [-0.2, -0.15) is 0 Å². The molecular formula is C22H19F2N5O2. The Balaban J connectivity index is 1.63. The lowest BCUT2D eigenvalue weighted by Gasteiger charge is -2.10. The number of carbonyl (C=O) groups is 1. The molecule has 0 spiro atoms. The van der Waals surface area contributed by atoms with Gasteiger partial charge < -0.3 is 15.1 Å². The Morgan fingerprint density at radius 3 is 2.68 bits per heavy atom. The van der Waals surface area contributed by atoms with E-state index in [1.807, 2.05) is 0 Å². The summed E-state index contributed by atoms with van der Waals surface area (Å²) in [5.41, 5.74) is 1.16. The molecule has 0 aliphatic heterocycles. The van der Waals surface area contributed by atoms with Crippen LogP contribution in [0.1, 0.15) is 25.3 Å². The van der Waals surface area contributed by atoms with Gasteiger partial charge in [0.25, 0.3) is 5.92 Å². The number of halogens is 2. The number of nitrogens with zero attached hydrogens (tertiary/aromatic N) is 3. The summed E-state index contributed by atoms with van der Waals surface area (Å²) in [5.74, 6) is -1.71. The van der Waals surface area contributed by atoms with Crippen LogP contribution in [0.3, 0.4) is 0 Å². The van der Waals surface area contributed by atoms with Gasteiger partial charge in [0.1, 0.15) is 17.2 Å². The quantitative estimate of drug-likeness (QED) is 0.472. The molecule has 1 fully saturated rings. The number of oxazole rings is 1. The van der Waals surface area contributed by atoms with Crippen molar-refractivity contribution in [3.8, 4) is 11.5 Å². The fraction of sp³-hybridized carbons (Fsp3) is 0.273. The van der Waals surface area contributed by atoms with Gasteiger partial charge >= 0.3 is 0 Å². The van der Waals surface area contributed by atoms with Crippen LogP contribution in [-0.2, 0) is 10.7 Å². The molecule has 0 atom stereocenters. The fourth-order valence-electron chi connectivity index (χ4n) is 3.46. The number of nitrogens with one attached hydrogen (secondary N) is 2. The number of amides is 1. The van der Waals surface area contributed by atoms with Crippen LogP contribution in [0.2, 0.25) is 0 Å². The number of hydrogen-bond donors (Lipinski definition) is 2. The number of fused-ring (bicyclic) bond motifs is 2. The summed E-state index contributed by atoms with van der Waals surface area (Å²) in [5, 5.41) is 7.28. The van der Waals surface area contributed by atoms with Crippen LogP contribution in [0.4, 0.5) is 20.4 Å². The van der Waals surface area contributed by atoms with E-state index in [-0.39, 0.29) is 23.3 Å². The van der Waals surface area contributed by atoms with E-state index in [4.69, 9.17) is 4.42 Å². The van der Waals surface area contributed by atoms with Gasteiger partial charge in [0.05, 0.1) is 5.56 Å². The first kappa shape index (κ1) is 19.3. The fourth-order valence-corrected chi connectivity index (χ4v) is 3.46. The summed E-state index contributed by atoms with van der Waals surface area (Å²) < 4.78 is 33.2. The maximum atomic E-state index is 13.7. The van der Waals surface area contributed by atoms with Crippen LogP contribution in [-0.4, -0.2) is 27.9 Å². The van der Waals surface area contributed by atoms with Crippen LogP contribution < -0.4 is 10.6 Å². The van der Waals surface area contributed by atoms with Crippen LogP contribution in [0.15, 0.2) is 41.1 Å². The standard InChI is InChI=1S/C22H19F2N5O2/c1-22(23,24)12-5-6-17-16(7-12)28-21(31-17)15-10-27-19(25-2)14-9-26-18(8-13(14)15)29-20(30)11-3-4-11/h5-11H,3-4H2,1-2H3,(H,25,27)(H,26,29,30). The smallest absolute Gasteiger partial charge is 0.270 e. The number of rotatable bonds is 5. The van der Waals surface area contributed by atoms with Crippen molar-refractivity contribution in [2.45, 2.75) is 25.7 Å². The summed E-state index contributed by atoms with van der Waals surface area (Å²) in [6.07, 6.45) is 5.00. The molecule has 2 N–H and O–H groups in total. The Morgan fingerprint density at radius 2 is 1.97 bits per heavy atom. The van der Waals surface area contributed by atoms with Gasteiger partial charge in [-0.15, -0.1) is 0 Å². The van der Waals surface area contributed by atoms with E-state index in [2.05, 4.69) is 25.6 Å². The molecule has 0 unspecified atom stereocenters. The van der Waals surface area contributed by atoms with E-state index in [0.717, 1.165) is 19.8 Å². The highest BCUT2D eigenvalue weighted by Gasteiger charge is 2.30. The molecule has 3 aromatic heterocycles. The highest BCUT2D eigenvalue weighted by Crippen LogP contribution is 2.36. The number of pyridine rings is 2. The Kier molecular flexibility index (Phi) is 4.35. The number of anilines is 2. The summed E-state index contributed by atoms with van der Waals surface area (Å²) in [6, 6.07) is 5.88. The largest absolute Gasteiger partial charge is 0.436 e. The highest BCUT2D eigenvalue weighted by molar-refractivity contribution is 6.03. The molecule has 3 heterocycles. The summed E-state index contributed by atoms with van der Waals surface area (Å²) in [7, 11) is 1.75. The normalized spacial score (nSPS) is 14.2. The maximum absolute atomic E-state index is 13.7. The monoisotopic (exact) mass is 423 g/mol. The van der Waals surface area contributed by atoms with Crippen molar-refractivity contribution in [2.24, 2.45) is 5.92 Å². The third kappa shape index (κ3) is 3.56.